The number of carbonyl (C=O) groups excluding carboxylic acids is 2. The van der Waals surface area contributed by atoms with E-state index in [1.165, 1.54) is 11.3 Å². The summed E-state index contributed by atoms with van der Waals surface area (Å²) in [6.07, 6.45) is 3.33. The van der Waals surface area contributed by atoms with Crippen LogP contribution in [0.5, 0.6) is 5.75 Å². The van der Waals surface area contributed by atoms with Crippen LogP contribution in [0.4, 0.5) is 4.79 Å². The number of ether oxygens (including phenoxy) is 1. The fourth-order valence-corrected chi connectivity index (χ4v) is 3.72. The van der Waals surface area contributed by atoms with Crippen LogP contribution in [0.15, 0.2) is 30.3 Å². The number of nitrogens with one attached hydrogen (secondary N) is 1. The molecule has 2 amide bonds. The van der Waals surface area contributed by atoms with Gasteiger partial charge in [-0.1, -0.05) is 38.0 Å². The van der Waals surface area contributed by atoms with E-state index in [1.54, 1.807) is 24.3 Å². The molecule has 1 saturated carbocycles. The van der Waals surface area contributed by atoms with Crippen molar-refractivity contribution in [2.75, 3.05) is 6.54 Å². The molecule has 1 aliphatic carbocycles. The number of aliphatic hydroxyl groups is 1. The number of benzene rings is 1. The lowest BCUT2D eigenvalue weighted by Crippen LogP contribution is -2.51. The van der Waals surface area contributed by atoms with Crippen molar-refractivity contribution in [1.82, 2.24) is 10.2 Å². The van der Waals surface area contributed by atoms with E-state index in [0.717, 1.165) is 19.3 Å². The standard InChI is InChI=1S/C19H26N2O4/c1-13-7-5-6-10-16(13)20-18(23)17-11-14(22)12-21(17)19(24)25-15-8-3-2-4-9-15/h2-4,8-9,13-14,16-17,22H,5-7,10-12H2,1H3,(H,20,23)/t13-,14-,16-,17+/m1/s1. The zero-order valence-corrected chi connectivity index (χ0v) is 14.6. The molecule has 1 heterocycles. The Hall–Kier alpha value is -2.08. The highest BCUT2D eigenvalue weighted by Gasteiger charge is 2.41. The number of carbonyl (C=O) groups is 2. The summed E-state index contributed by atoms with van der Waals surface area (Å²) < 4.78 is 5.33. The Morgan fingerprint density at radius 3 is 2.64 bits per heavy atom. The van der Waals surface area contributed by atoms with E-state index in [9.17, 15) is 14.7 Å². The fraction of sp³-hybridized carbons (Fsp3) is 0.579. The van der Waals surface area contributed by atoms with Gasteiger partial charge in [-0.2, -0.15) is 0 Å². The maximum absolute atomic E-state index is 12.7. The molecular formula is C19H26N2O4. The van der Waals surface area contributed by atoms with Crippen molar-refractivity contribution in [2.45, 2.75) is 57.2 Å². The maximum atomic E-state index is 12.7. The van der Waals surface area contributed by atoms with E-state index >= 15 is 0 Å². The van der Waals surface area contributed by atoms with Crippen LogP contribution in [-0.4, -0.2) is 46.7 Å². The van der Waals surface area contributed by atoms with Crippen molar-refractivity contribution in [2.24, 2.45) is 5.92 Å². The summed E-state index contributed by atoms with van der Waals surface area (Å²) in [6.45, 7) is 2.26. The van der Waals surface area contributed by atoms with Gasteiger partial charge in [-0.3, -0.25) is 9.69 Å². The van der Waals surface area contributed by atoms with Crippen molar-refractivity contribution in [3.8, 4) is 5.75 Å². The summed E-state index contributed by atoms with van der Waals surface area (Å²) in [7, 11) is 0. The number of β-amino-alcohol motifs (C(OH)–C–C–N with tert-alkyl or cyclic N) is 1. The quantitative estimate of drug-likeness (QED) is 0.880. The molecule has 1 saturated heterocycles. The van der Waals surface area contributed by atoms with Crippen LogP contribution < -0.4 is 10.1 Å². The normalized spacial score (nSPS) is 29.3. The Morgan fingerprint density at radius 2 is 1.92 bits per heavy atom. The third-order valence-electron chi connectivity index (χ3n) is 5.20. The van der Waals surface area contributed by atoms with E-state index < -0.39 is 18.2 Å². The number of nitrogens with zero attached hydrogens (tertiary/aromatic N) is 1. The molecule has 3 rings (SSSR count). The summed E-state index contributed by atoms with van der Waals surface area (Å²) >= 11 is 0. The molecule has 0 unspecified atom stereocenters. The molecule has 2 N–H and O–H groups in total. The minimum atomic E-state index is -0.706. The first-order chi connectivity index (χ1) is 12.0. The van der Waals surface area contributed by atoms with Crippen molar-refractivity contribution < 1.29 is 19.4 Å². The first kappa shape index (κ1) is 17.7. The van der Waals surface area contributed by atoms with Crippen molar-refractivity contribution in [3.63, 3.8) is 0 Å². The average molecular weight is 346 g/mol. The molecular weight excluding hydrogens is 320 g/mol. The second-order valence-electron chi connectivity index (χ2n) is 7.12. The zero-order chi connectivity index (χ0) is 17.8. The smallest absolute Gasteiger partial charge is 0.410 e. The molecule has 4 atom stereocenters. The third-order valence-corrected chi connectivity index (χ3v) is 5.20. The second-order valence-corrected chi connectivity index (χ2v) is 7.12. The van der Waals surface area contributed by atoms with Gasteiger partial charge in [-0.15, -0.1) is 0 Å². The van der Waals surface area contributed by atoms with Gasteiger partial charge in [0.15, 0.2) is 0 Å². The topological polar surface area (TPSA) is 78.9 Å². The van der Waals surface area contributed by atoms with Crippen molar-refractivity contribution in [1.29, 1.82) is 0 Å². The van der Waals surface area contributed by atoms with Crippen LogP contribution in [0.2, 0.25) is 0 Å². The Kier molecular flexibility index (Phi) is 5.58. The van der Waals surface area contributed by atoms with E-state index in [0.29, 0.717) is 11.7 Å². The lowest BCUT2D eigenvalue weighted by Gasteiger charge is -2.31. The molecule has 1 aromatic carbocycles. The molecule has 2 fully saturated rings. The number of hydrogen-bond acceptors (Lipinski definition) is 4. The first-order valence-corrected chi connectivity index (χ1v) is 9.06. The van der Waals surface area contributed by atoms with Crippen LogP contribution in [0.1, 0.15) is 39.0 Å². The molecule has 136 valence electrons. The highest BCUT2D eigenvalue weighted by Crippen LogP contribution is 2.25. The number of aliphatic hydroxyl groups excluding tert-OH is 1. The number of amides is 2. The van der Waals surface area contributed by atoms with Crippen LogP contribution >= 0.6 is 0 Å². The Labute approximate surface area is 148 Å². The van der Waals surface area contributed by atoms with Gasteiger partial charge in [-0.05, 0) is 30.9 Å². The first-order valence-electron chi connectivity index (χ1n) is 9.06. The Morgan fingerprint density at radius 1 is 1.20 bits per heavy atom. The van der Waals surface area contributed by atoms with Crippen LogP contribution in [0.25, 0.3) is 0 Å². The molecule has 25 heavy (non-hydrogen) atoms. The van der Waals surface area contributed by atoms with Crippen LogP contribution in [0.3, 0.4) is 0 Å². The molecule has 1 aliphatic heterocycles. The van der Waals surface area contributed by atoms with Gasteiger partial charge >= 0.3 is 6.09 Å². The van der Waals surface area contributed by atoms with Crippen molar-refractivity contribution in [3.05, 3.63) is 30.3 Å². The molecule has 0 bridgehead atoms. The minimum Gasteiger partial charge on any atom is -0.410 e. The molecule has 2 aliphatic rings. The number of rotatable bonds is 3. The fourth-order valence-electron chi connectivity index (χ4n) is 3.72. The van der Waals surface area contributed by atoms with E-state index in [4.69, 9.17) is 4.74 Å². The zero-order valence-electron chi connectivity index (χ0n) is 14.6. The maximum Gasteiger partial charge on any atom is 0.416 e. The molecule has 0 spiro atoms. The molecule has 6 nitrogen and oxygen atoms in total. The largest absolute Gasteiger partial charge is 0.416 e. The van der Waals surface area contributed by atoms with Gasteiger partial charge in [0.05, 0.1) is 12.6 Å². The summed E-state index contributed by atoms with van der Waals surface area (Å²) in [6, 6.07) is 8.21. The van der Waals surface area contributed by atoms with Gasteiger partial charge in [0.2, 0.25) is 5.91 Å². The molecule has 6 heteroatoms. The predicted octanol–water partition coefficient (Wildman–Crippen LogP) is 2.32. The molecule has 1 aromatic rings. The number of para-hydroxylation sites is 1. The van der Waals surface area contributed by atoms with Crippen molar-refractivity contribution >= 4 is 12.0 Å². The molecule has 0 aromatic heterocycles. The van der Waals surface area contributed by atoms with Gasteiger partial charge in [0.1, 0.15) is 11.8 Å². The van der Waals surface area contributed by atoms with E-state index in [-0.39, 0.29) is 24.9 Å². The highest BCUT2D eigenvalue weighted by atomic mass is 16.6. The monoisotopic (exact) mass is 346 g/mol. The lowest BCUT2D eigenvalue weighted by atomic mass is 9.86. The minimum absolute atomic E-state index is 0.115. The Bertz CT molecular complexity index is 607. The van der Waals surface area contributed by atoms with Gasteiger partial charge in [-0.25, -0.2) is 4.79 Å². The molecule has 0 radical (unpaired) electrons. The number of likely N-dealkylation sites (tertiary alicyclic amines) is 1. The third kappa shape index (κ3) is 4.31. The summed E-state index contributed by atoms with van der Waals surface area (Å²) in [5.74, 6) is 0.669. The van der Waals surface area contributed by atoms with Gasteiger partial charge < -0.3 is 15.2 Å². The van der Waals surface area contributed by atoms with Gasteiger partial charge in [0, 0.05) is 12.5 Å². The average Bonchev–Trinajstić information content (AvgIpc) is 3.00. The summed E-state index contributed by atoms with van der Waals surface area (Å²) in [5, 5.41) is 13.0. The number of hydrogen-bond donors (Lipinski definition) is 2. The highest BCUT2D eigenvalue weighted by molar-refractivity contribution is 5.87. The summed E-state index contributed by atoms with van der Waals surface area (Å²) in [4.78, 5) is 26.5. The van der Waals surface area contributed by atoms with E-state index in [2.05, 4.69) is 12.2 Å². The lowest BCUT2D eigenvalue weighted by molar-refractivity contribution is -0.126. The summed E-state index contributed by atoms with van der Waals surface area (Å²) in [5.41, 5.74) is 0. The van der Waals surface area contributed by atoms with Crippen LogP contribution in [-0.2, 0) is 4.79 Å². The van der Waals surface area contributed by atoms with Gasteiger partial charge in [0.25, 0.3) is 0 Å². The van der Waals surface area contributed by atoms with E-state index in [1.807, 2.05) is 6.07 Å². The van der Waals surface area contributed by atoms with Crippen LogP contribution in [0, 0.1) is 5.92 Å². The second kappa shape index (κ2) is 7.87. The SMILES string of the molecule is C[C@@H]1CCCC[C@H]1NC(=O)[C@@H]1C[C@@H](O)CN1C(=O)Oc1ccccc1. The Balaban J connectivity index is 1.64. The predicted molar refractivity (Wildman–Crippen MR) is 93.1 cm³/mol.